The van der Waals surface area contributed by atoms with Gasteiger partial charge < -0.3 is 5.11 Å². The molecule has 0 aliphatic rings. The van der Waals surface area contributed by atoms with Gasteiger partial charge >= 0.3 is 0 Å². The first kappa shape index (κ1) is 14.6. The normalized spacial score (nSPS) is 12.8. The molecular weight excluding hydrogens is 458 g/mol. The van der Waals surface area contributed by atoms with Crippen LogP contribution in [0.4, 0.5) is 8.78 Å². The summed E-state index contributed by atoms with van der Waals surface area (Å²) in [5, 5.41) is 10.1. The lowest BCUT2D eigenvalue weighted by atomic mass is 10.1. The minimum absolute atomic E-state index is 0.118. The highest BCUT2D eigenvalue weighted by Crippen LogP contribution is 2.39. The van der Waals surface area contributed by atoms with Crippen molar-refractivity contribution in [1.82, 2.24) is 0 Å². The lowest BCUT2D eigenvalue weighted by Gasteiger charge is -2.12. The molecule has 0 aliphatic carbocycles. The number of hydrogen-bond donors (Lipinski definition) is 1. The van der Waals surface area contributed by atoms with E-state index in [0.29, 0.717) is 4.88 Å². The van der Waals surface area contributed by atoms with Crippen LogP contribution in [0, 0.1) is 11.6 Å². The predicted octanol–water partition coefficient (Wildman–Crippen LogP) is 5.40. The highest BCUT2D eigenvalue weighted by Gasteiger charge is 2.23. The van der Waals surface area contributed by atoms with E-state index >= 15 is 0 Å². The van der Waals surface area contributed by atoms with Crippen molar-refractivity contribution in [2.45, 2.75) is 6.10 Å². The van der Waals surface area contributed by atoms with E-state index in [1.54, 1.807) is 6.07 Å². The Kier molecular flexibility index (Phi) is 4.59. The summed E-state index contributed by atoms with van der Waals surface area (Å²) in [4.78, 5) is 0.449. The molecule has 1 heterocycles. The van der Waals surface area contributed by atoms with Gasteiger partial charge in [-0.05, 0) is 66.0 Å². The third-order valence-electron chi connectivity index (χ3n) is 2.29. The van der Waals surface area contributed by atoms with E-state index in [1.165, 1.54) is 17.4 Å². The summed E-state index contributed by atoms with van der Waals surface area (Å²) < 4.78 is 29.1. The van der Waals surface area contributed by atoms with Gasteiger partial charge in [0.15, 0.2) is 0 Å². The van der Waals surface area contributed by atoms with Gasteiger partial charge in [-0.1, -0.05) is 0 Å². The molecule has 0 aliphatic heterocycles. The molecular formula is C11H5Br3F2OS. The Morgan fingerprint density at radius 1 is 1.11 bits per heavy atom. The van der Waals surface area contributed by atoms with Crippen molar-refractivity contribution < 1.29 is 13.9 Å². The topological polar surface area (TPSA) is 20.2 Å². The van der Waals surface area contributed by atoms with Gasteiger partial charge in [0.1, 0.15) is 17.7 Å². The maximum absolute atomic E-state index is 13.8. The molecule has 1 nitrogen and oxygen atoms in total. The van der Waals surface area contributed by atoms with Crippen molar-refractivity contribution in [3.8, 4) is 0 Å². The monoisotopic (exact) mass is 460 g/mol. The zero-order valence-corrected chi connectivity index (χ0v) is 14.1. The summed E-state index contributed by atoms with van der Waals surface area (Å²) in [5.74, 6) is -1.56. The fourth-order valence-corrected chi connectivity index (χ4v) is 3.87. The second kappa shape index (κ2) is 5.66. The molecule has 0 bridgehead atoms. The standard InChI is InChI=1S/C11H5Br3F2OS/c12-4-1-2-6(15)8(9(4)16)10(17)7-3-5(13)11(14)18-7/h1-3,10,17H. The van der Waals surface area contributed by atoms with E-state index in [9.17, 15) is 13.9 Å². The zero-order chi connectivity index (χ0) is 13.4. The second-order valence-electron chi connectivity index (χ2n) is 3.43. The molecule has 1 aromatic heterocycles. The first-order chi connectivity index (χ1) is 8.41. The van der Waals surface area contributed by atoms with Crippen LogP contribution in [0.3, 0.4) is 0 Å². The molecule has 1 N–H and O–H groups in total. The van der Waals surface area contributed by atoms with Crippen molar-refractivity contribution >= 4 is 59.1 Å². The molecule has 0 amide bonds. The molecule has 0 saturated carbocycles. The fourth-order valence-electron chi connectivity index (χ4n) is 1.43. The fraction of sp³-hybridized carbons (Fsp3) is 0.0909. The van der Waals surface area contributed by atoms with E-state index in [2.05, 4.69) is 47.8 Å². The van der Waals surface area contributed by atoms with E-state index in [1.807, 2.05) is 0 Å². The third kappa shape index (κ3) is 2.70. The van der Waals surface area contributed by atoms with Gasteiger partial charge in [-0.15, -0.1) is 11.3 Å². The largest absolute Gasteiger partial charge is 0.383 e. The first-order valence-corrected chi connectivity index (χ1v) is 7.87. The average molecular weight is 463 g/mol. The van der Waals surface area contributed by atoms with Crippen molar-refractivity contribution in [3.05, 3.63) is 53.0 Å². The first-order valence-electron chi connectivity index (χ1n) is 4.68. The Morgan fingerprint density at radius 2 is 1.78 bits per heavy atom. The SMILES string of the molecule is OC(c1cc(Br)c(Br)s1)c1c(F)ccc(Br)c1F. The van der Waals surface area contributed by atoms with Crippen LogP contribution in [-0.2, 0) is 0 Å². The Bertz CT molecular complexity index is 581. The lowest BCUT2D eigenvalue weighted by molar-refractivity contribution is 0.212. The summed E-state index contributed by atoms with van der Waals surface area (Å²) >= 11 is 10.7. The zero-order valence-electron chi connectivity index (χ0n) is 8.55. The predicted molar refractivity (Wildman–Crippen MR) is 77.8 cm³/mol. The van der Waals surface area contributed by atoms with Crippen molar-refractivity contribution in [2.24, 2.45) is 0 Å². The van der Waals surface area contributed by atoms with Crippen LogP contribution in [0.15, 0.2) is 30.9 Å². The highest BCUT2D eigenvalue weighted by atomic mass is 79.9. The van der Waals surface area contributed by atoms with Crippen molar-refractivity contribution in [2.75, 3.05) is 0 Å². The van der Waals surface area contributed by atoms with Crippen LogP contribution >= 0.6 is 59.1 Å². The van der Waals surface area contributed by atoms with E-state index in [4.69, 9.17) is 0 Å². The molecule has 2 aromatic rings. The number of aliphatic hydroxyl groups excluding tert-OH is 1. The molecule has 18 heavy (non-hydrogen) atoms. The quantitative estimate of drug-likeness (QED) is 0.593. The third-order valence-corrected chi connectivity index (χ3v) is 6.21. The van der Waals surface area contributed by atoms with Gasteiger partial charge in [-0.3, -0.25) is 0 Å². The number of aliphatic hydroxyl groups is 1. The molecule has 1 atom stereocenters. The Morgan fingerprint density at radius 3 is 2.33 bits per heavy atom. The lowest BCUT2D eigenvalue weighted by Crippen LogP contribution is -2.04. The number of benzene rings is 1. The average Bonchev–Trinajstić information content (AvgIpc) is 2.65. The van der Waals surface area contributed by atoms with Crippen LogP contribution in [0.1, 0.15) is 16.5 Å². The van der Waals surface area contributed by atoms with Gasteiger partial charge in [-0.25, -0.2) is 8.78 Å². The maximum atomic E-state index is 13.8. The molecule has 2 rings (SSSR count). The summed E-state index contributed by atoms with van der Waals surface area (Å²) in [7, 11) is 0. The second-order valence-corrected chi connectivity index (χ2v) is 7.54. The molecule has 0 spiro atoms. The Labute approximate surface area is 131 Å². The Balaban J connectivity index is 2.52. The summed E-state index contributed by atoms with van der Waals surface area (Å²) in [6.45, 7) is 0. The number of hydrogen-bond acceptors (Lipinski definition) is 2. The van der Waals surface area contributed by atoms with E-state index < -0.39 is 17.7 Å². The van der Waals surface area contributed by atoms with E-state index in [0.717, 1.165) is 14.3 Å². The smallest absolute Gasteiger partial charge is 0.146 e. The minimum Gasteiger partial charge on any atom is -0.383 e. The van der Waals surface area contributed by atoms with Gasteiger partial charge in [0.05, 0.1) is 13.8 Å². The molecule has 1 aromatic carbocycles. The van der Waals surface area contributed by atoms with Gasteiger partial charge in [0, 0.05) is 9.35 Å². The van der Waals surface area contributed by atoms with Gasteiger partial charge in [-0.2, -0.15) is 0 Å². The highest BCUT2D eigenvalue weighted by molar-refractivity contribution is 9.13. The summed E-state index contributed by atoms with van der Waals surface area (Å²) in [6.07, 6.45) is -1.34. The Hall–Kier alpha value is 0.180. The van der Waals surface area contributed by atoms with Gasteiger partial charge in [0.25, 0.3) is 0 Å². The number of halogens is 5. The molecule has 0 fully saturated rings. The van der Waals surface area contributed by atoms with Crippen molar-refractivity contribution in [1.29, 1.82) is 0 Å². The maximum Gasteiger partial charge on any atom is 0.146 e. The van der Waals surface area contributed by atoms with Crippen LogP contribution in [0.25, 0.3) is 0 Å². The summed E-state index contributed by atoms with van der Waals surface area (Å²) in [5.41, 5.74) is -0.356. The van der Waals surface area contributed by atoms with Crippen LogP contribution in [-0.4, -0.2) is 5.11 Å². The molecule has 96 valence electrons. The molecule has 0 radical (unpaired) electrons. The van der Waals surface area contributed by atoms with Crippen LogP contribution in [0.2, 0.25) is 0 Å². The number of thiophene rings is 1. The van der Waals surface area contributed by atoms with Crippen LogP contribution < -0.4 is 0 Å². The molecule has 7 heteroatoms. The van der Waals surface area contributed by atoms with E-state index in [-0.39, 0.29) is 10.0 Å². The molecule has 1 unspecified atom stereocenters. The van der Waals surface area contributed by atoms with Crippen molar-refractivity contribution in [3.63, 3.8) is 0 Å². The van der Waals surface area contributed by atoms with Crippen LogP contribution in [0.5, 0.6) is 0 Å². The molecule has 0 saturated heterocycles. The minimum atomic E-state index is -1.34. The summed E-state index contributed by atoms with van der Waals surface area (Å²) in [6, 6.07) is 4.00. The number of rotatable bonds is 2. The van der Waals surface area contributed by atoms with Gasteiger partial charge in [0.2, 0.25) is 0 Å².